The molecule has 0 aliphatic heterocycles. The number of aromatic hydroxyl groups is 2. The van der Waals surface area contributed by atoms with Crippen LogP contribution in [0, 0.1) is 6.92 Å². The standard InChI is InChI=1S/C32H39N7O5/c1-23-7-9-25(10-8-23)22-36-32-38-30(34-14-13-24-11-12-27(40)28(41)21-24)37-31(39-32)35-16-18-44-20-19-43-17-15-33-29(42)26-5-3-2-4-6-26/h2-12,21,40-41H,13-20,22H2,1H3,(H,33,42)(H3,34,35,36,37,38,39). The van der Waals surface area contributed by atoms with Crippen LogP contribution >= 0.6 is 0 Å². The molecule has 0 aliphatic rings. The number of benzene rings is 3. The smallest absolute Gasteiger partial charge is 0.251 e. The predicted molar refractivity (Wildman–Crippen MR) is 169 cm³/mol. The lowest BCUT2D eigenvalue weighted by Gasteiger charge is -2.12. The molecule has 0 unspecified atom stereocenters. The van der Waals surface area contributed by atoms with E-state index in [0.29, 0.717) is 82.4 Å². The Balaban J connectivity index is 1.19. The third-order valence-electron chi connectivity index (χ3n) is 6.41. The van der Waals surface area contributed by atoms with Crippen LogP contribution in [0.1, 0.15) is 27.0 Å². The number of nitrogens with zero attached hydrogens (tertiary/aromatic N) is 3. The van der Waals surface area contributed by atoms with E-state index in [1.807, 2.05) is 25.1 Å². The molecular weight excluding hydrogens is 562 g/mol. The molecule has 0 spiro atoms. The first kappa shape index (κ1) is 32.0. The van der Waals surface area contributed by atoms with E-state index < -0.39 is 0 Å². The molecule has 0 saturated carbocycles. The van der Waals surface area contributed by atoms with Crippen LogP contribution in [0.25, 0.3) is 0 Å². The van der Waals surface area contributed by atoms with Crippen LogP contribution in [0.5, 0.6) is 11.5 Å². The highest BCUT2D eigenvalue weighted by Gasteiger charge is 2.08. The molecule has 1 heterocycles. The van der Waals surface area contributed by atoms with Crippen molar-refractivity contribution in [2.75, 3.05) is 62.0 Å². The average Bonchev–Trinajstić information content (AvgIpc) is 3.03. The normalized spacial score (nSPS) is 10.8. The minimum atomic E-state index is -0.155. The van der Waals surface area contributed by atoms with Crippen molar-refractivity contribution in [3.8, 4) is 11.5 Å². The van der Waals surface area contributed by atoms with Gasteiger partial charge in [-0.15, -0.1) is 0 Å². The van der Waals surface area contributed by atoms with Gasteiger partial charge in [0.15, 0.2) is 11.5 Å². The summed E-state index contributed by atoms with van der Waals surface area (Å²) in [6.07, 6.45) is 0.587. The van der Waals surface area contributed by atoms with Gasteiger partial charge >= 0.3 is 0 Å². The Hall–Kier alpha value is -4.94. The number of carbonyl (C=O) groups excluding carboxylic acids is 1. The van der Waals surface area contributed by atoms with E-state index >= 15 is 0 Å². The largest absolute Gasteiger partial charge is 0.504 e. The van der Waals surface area contributed by atoms with E-state index in [-0.39, 0.29) is 17.4 Å². The first-order valence-electron chi connectivity index (χ1n) is 14.5. The van der Waals surface area contributed by atoms with Crippen molar-refractivity contribution in [1.82, 2.24) is 20.3 Å². The van der Waals surface area contributed by atoms with Gasteiger partial charge in [0.2, 0.25) is 17.8 Å². The zero-order valence-corrected chi connectivity index (χ0v) is 24.8. The molecular formula is C32H39N7O5. The van der Waals surface area contributed by atoms with Gasteiger partial charge in [-0.1, -0.05) is 54.1 Å². The number of carbonyl (C=O) groups is 1. The zero-order valence-electron chi connectivity index (χ0n) is 24.8. The quantitative estimate of drug-likeness (QED) is 0.0728. The predicted octanol–water partition coefficient (Wildman–Crippen LogP) is 3.73. The van der Waals surface area contributed by atoms with Gasteiger partial charge in [-0.3, -0.25) is 4.79 Å². The van der Waals surface area contributed by atoms with Crippen molar-refractivity contribution >= 4 is 23.8 Å². The lowest BCUT2D eigenvalue weighted by Crippen LogP contribution is -2.27. The van der Waals surface area contributed by atoms with Gasteiger partial charge in [-0.2, -0.15) is 15.0 Å². The first-order valence-corrected chi connectivity index (χ1v) is 14.5. The Morgan fingerprint density at radius 2 is 1.30 bits per heavy atom. The van der Waals surface area contributed by atoms with Gasteiger partial charge in [0, 0.05) is 31.7 Å². The van der Waals surface area contributed by atoms with Gasteiger partial charge in [0.1, 0.15) is 0 Å². The maximum Gasteiger partial charge on any atom is 0.251 e. The second-order valence-electron chi connectivity index (χ2n) is 9.92. The number of phenols is 2. The highest BCUT2D eigenvalue weighted by atomic mass is 16.5. The molecule has 6 N–H and O–H groups in total. The summed E-state index contributed by atoms with van der Waals surface area (Å²) < 4.78 is 11.2. The fourth-order valence-electron chi connectivity index (χ4n) is 4.03. The van der Waals surface area contributed by atoms with E-state index in [2.05, 4.69) is 60.5 Å². The Bertz CT molecular complexity index is 1460. The van der Waals surface area contributed by atoms with Gasteiger partial charge in [-0.25, -0.2) is 0 Å². The topological polar surface area (TPSA) is 163 Å². The molecule has 0 saturated heterocycles. The number of hydrogen-bond acceptors (Lipinski definition) is 11. The lowest BCUT2D eigenvalue weighted by atomic mass is 10.1. The minimum absolute atomic E-state index is 0.126. The molecule has 0 fully saturated rings. The number of anilines is 3. The maximum atomic E-state index is 12.0. The molecule has 232 valence electrons. The first-order chi connectivity index (χ1) is 21.5. The molecule has 0 atom stereocenters. The van der Waals surface area contributed by atoms with E-state index in [1.165, 1.54) is 17.7 Å². The highest BCUT2D eigenvalue weighted by molar-refractivity contribution is 5.94. The molecule has 44 heavy (non-hydrogen) atoms. The van der Waals surface area contributed by atoms with E-state index in [0.717, 1.165) is 11.1 Å². The van der Waals surface area contributed by atoms with Crippen molar-refractivity contribution in [2.45, 2.75) is 19.9 Å². The summed E-state index contributed by atoms with van der Waals surface area (Å²) in [5.41, 5.74) is 3.76. The van der Waals surface area contributed by atoms with Crippen LogP contribution in [0.2, 0.25) is 0 Å². The van der Waals surface area contributed by atoms with Crippen molar-refractivity contribution in [3.05, 3.63) is 95.1 Å². The molecule has 0 radical (unpaired) electrons. The summed E-state index contributed by atoms with van der Waals surface area (Å²) >= 11 is 0. The van der Waals surface area contributed by atoms with Crippen molar-refractivity contribution < 1.29 is 24.5 Å². The number of hydrogen-bond donors (Lipinski definition) is 6. The Morgan fingerprint density at radius 3 is 1.98 bits per heavy atom. The number of amides is 1. The summed E-state index contributed by atoms with van der Waals surface area (Å²) in [7, 11) is 0. The number of ether oxygens (including phenoxy) is 2. The molecule has 1 aromatic heterocycles. The summed E-state index contributed by atoms with van der Waals surface area (Å²) in [4.78, 5) is 25.5. The number of nitrogens with one attached hydrogen (secondary N) is 4. The number of aryl methyl sites for hydroxylation is 1. The second kappa shape index (κ2) is 17.2. The SMILES string of the molecule is Cc1ccc(CNc2nc(NCCOCCOCCNC(=O)c3ccccc3)nc(NCCc3ccc(O)c(O)c3)n2)cc1. The van der Waals surface area contributed by atoms with Crippen LogP contribution in [-0.2, 0) is 22.4 Å². The van der Waals surface area contributed by atoms with Gasteiger partial charge in [0.05, 0.1) is 26.4 Å². The Morgan fingerprint density at radius 1 is 0.682 bits per heavy atom. The molecule has 12 heteroatoms. The fourth-order valence-corrected chi connectivity index (χ4v) is 4.03. The third-order valence-corrected chi connectivity index (χ3v) is 6.41. The summed E-state index contributed by atoms with van der Waals surface area (Å²) in [6.45, 7) is 5.63. The van der Waals surface area contributed by atoms with Crippen LogP contribution in [-0.4, -0.2) is 77.1 Å². The maximum absolute atomic E-state index is 12.0. The highest BCUT2D eigenvalue weighted by Crippen LogP contribution is 2.25. The molecule has 0 bridgehead atoms. The van der Waals surface area contributed by atoms with E-state index in [1.54, 1.807) is 18.2 Å². The van der Waals surface area contributed by atoms with Crippen molar-refractivity contribution in [3.63, 3.8) is 0 Å². The van der Waals surface area contributed by atoms with Gasteiger partial charge < -0.3 is 41.0 Å². The second-order valence-corrected chi connectivity index (χ2v) is 9.92. The number of rotatable bonds is 18. The lowest BCUT2D eigenvalue weighted by molar-refractivity contribution is 0.0519. The van der Waals surface area contributed by atoms with Crippen molar-refractivity contribution in [1.29, 1.82) is 0 Å². The van der Waals surface area contributed by atoms with Gasteiger partial charge in [-0.05, 0) is 48.7 Å². The van der Waals surface area contributed by atoms with Crippen LogP contribution in [0.4, 0.5) is 17.8 Å². The number of aromatic nitrogens is 3. The Labute approximate surface area is 256 Å². The third kappa shape index (κ3) is 11.0. The molecule has 0 aliphatic carbocycles. The van der Waals surface area contributed by atoms with Crippen LogP contribution in [0.3, 0.4) is 0 Å². The van der Waals surface area contributed by atoms with Crippen LogP contribution in [0.15, 0.2) is 72.8 Å². The monoisotopic (exact) mass is 601 g/mol. The summed E-state index contributed by atoms with van der Waals surface area (Å²) in [6, 6.07) is 22.0. The summed E-state index contributed by atoms with van der Waals surface area (Å²) in [5, 5.41) is 31.7. The van der Waals surface area contributed by atoms with E-state index in [4.69, 9.17) is 9.47 Å². The van der Waals surface area contributed by atoms with Crippen LogP contribution < -0.4 is 21.3 Å². The molecule has 1 amide bonds. The minimum Gasteiger partial charge on any atom is -0.504 e. The fraction of sp³-hybridized carbons (Fsp3) is 0.312. The molecule has 3 aromatic carbocycles. The van der Waals surface area contributed by atoms with Gasteiger partial charge in [0.25, 0.3) is 5.91 Å². The summed E-state index contributed by atoms with van der Waals surface area (Å²) in [5.74, 6) is 0.773. The van der Waals surface area contributed by atoms with E-state index in [9.17, 15) is 15.0 Å². The Kier molecular flexibility index (Phi) is 12.5. The molecule has 12 nitrogen and oxygen atoms in total. The molecule has 4 rings (SSSR count). The zero-order chi connectivity index (χ0) is 31.0. The molecule has 4 aromatic rings. The van der Waals surface area contributed by atoms with Crippen molar-refractivity contribution in [2.24, 2.45) is 0 Å². The number of phenolic OH excluding ortho intramolecular Hbond substituents is 2. The average molecular weight is 602 g/mol.